The molecule has 2 N–H and O–H groups in total. The monoisotopic (exact) mass is 305 g/mol. The minimum Gasteiger partial charge on any atom is -0.490 e. The summed E-state index contributed by atoms with van der Waals surface area (Å²) in [5.41, 5.74) is 6.46. The first-order valence-corrected chi connectivity index (χ1v) is 8.54. The molecule has 22 heavy (non-hydrogen) atoms. The van der Waals surface area contributed by atoms with Crippen molar-refractivity contribution in [2.24, 2.45) is 0 Å². The zero-order chi connectivity index (χ0) is 16.0. The van der Waals surface area contributed by atoms with Gasteiger partial charge in [0, 0.05) is 11.8 Å². The molecule has 0 spiro atoms. The molecule has 0 aromatic heterocycles. The lowest BCUT2D eigenvalue weighted by molar-refractivity contribution is 0.276. The van der Waals surface area contributed by atoms with E-state index < -0.39 is 0 Å². The molecule has 124 valence electrons. The Morgan fingerprint density at radius 2 is 1.64 bits per heavy atom. The summed E-state index contributed by atoms with van der Waals surface area (Å²) in [7, 11) is 0. The molecule has 0 atom stereocenters. The van der Waals surface area contributed by atoms with Gasteiger partial charge in [0.25, 0.3) is 0 Å². The van der Waals surface area contributed by atoms with Gasteiger partial charge >= 0.3 is 0 Å². The molecule has 0 saturated carbocycles. The standard InChI is InChI=1S/C19H31NO2/c1-3-5-6-7-8-9-10-11-15-22-18-13-12-17(20)16-19(18)21-14-4-2/h4,12-13,16H,2-3,5-11,14-15,20H2,1H3. The zero-order valence-electron chi connectivity index (χ0n) is 14.0. The summed E-state index contributed by atoms with van der Waals surface area (Å²) in [4.78, 5) is 0. The van der Waals surface area contributed by atoms with Crippen LogP contribution >= 0.6 is 0 Å². The van der Waals surface area contributed by atoms with Crippen LogP contribution < -0.4 is 15.2 Å². The molecule has 0 heterocycles. The van der Waals surface area contributed by atoms with Crippen LogP contribution in [0.25, 0.3) is 0 Å². The van der Waals surface area contributed by atoms with E-state index in [-0.39, 0.29) is 0 Å². The Balaban J connectivity index is 2.20. The van der Waals surface area contributed by atoms with Gasteiger partial charge in [0.05, 0.1) is 6.61 Å². The third kappa shape index (κ3) is 7.96. The second-order valence-corrected chi connectivity index (χ2v) is 5.63. The van der Waals surface area contributed by atoms with Crippen LogP contribution in [-0.4, -0.2) is 13.2 Å². The fourth-order valence-electron chi connectivity index (χ4n) is 2.32. The summed E-state index contributed by atoms with van der Waals surface area (Å²) in [5, 5.41) is 0. The van der Waals surface area contributed by atoms with E-state index in [1.54, 1.807) is 12.1 Å². The fraction of sp³-hybridized carbons (Fsp3) is 0.579. The molecule has 0 radical (unpaired) electrons. The Bertz CT molecular complexity index is 418. The molecule has 0 aliphatic carbocycles. The molecule has 0 saturated heterocycles. The Morgan fingerprint density at radius 3 is 2.32 bits per heavy atom. The van der Waals surface area contributed by atoms with Crippen molar-refractivity contribution in [1.82, 2.24) is 0 Å². The molecule has 0 unspecified atom stereocenters. The molecule has 1 rings (SSSR count). The average Bonchev–Trinajstić information content (AvgIpc) is 2.52. The van der Waals surface area contributed by atoms with Gasteiger partial charge < -0.3 is 15.2 Å². The van der Waals surface area contributed by atoms with E-state index in [2.05, 4.69) is 13.5 Å². The van der Waals surface area contributed by atoms with Gasteiger partial charge in [-0.3, -0.25) is 0 Å². The van der Waals surface area contributed by atoms with E-state index in [1.807, 2.05) is 12.1 Å². The molecule has 3 nitrogen and oxygen atoms in total. The van der Waals surface area contributed by atoms with E-state index in [1.165, 1.54) is 44.9 Å². The molecule has 0 bridgehead atoms. The minimum absolute atomic E-state index is 0.456. The highest BCUT2D eigenvalue weighted by Gasteiger charge is 2.05. The lowest BCUT2D eigenvalue weighted by Crippen LogP contribution is -2.02. The summed E-state index contributed by atoms with van der Waals surface area (Å²) in [6.45, 7) is 7.09. The van der Waals surface area contributed by atoms with Gasteiger partial charge in [-0.2, -0.15) is 0 Å². The molecule has 0 amide bonds. The van der Waals surface area contributed by atoms with Crippen molar-refractivity contribution in [3.63, 3.8) is 0 Å². The smallest absolute Gasteiger partial charge is 0.163 e. The predicted molar refractivity (Wildman–Crippen MR) is 94.7 cm³/mol. The lowest BCUT2D eigenvalue weighted by Gasteiger charge is -2.12. The number of anilines is 1. The summed E-state index contributed by atoms with van der Waals surface area (Å²) in [6.07, 6.45) is 12.1. The third-order valence-corrected chi connectivity index (χ3v) is 3.58. The predicted octanol–water partition coefficient (Wildman–Crippen LogP) is 5.35. The highest BCUT2D eigenvalue weighted by atomic mass is 16.5. The van der Waals surface area contributed by atoms with E-state index >= 15 is 0 Å². The largest absolute Gasteiger partial charge is 0.490 e. The molecule has 1 aromatic carbocycles. The van der Waals surface area contributed by atoms with E-state index in [9.17, 15) is 0 Å². The maximum Gasteiger partial charge on any atom is 0.163 e. The van der Waals surface area contributed by atoms with Crippen LogP contribution in [0.4, 0.5) is 5.69 Å². The van der Waals surface area contributed by atoms with Crippen molar-refractivity contribution < 1.29 is 9.47 Å². The SMILES string of the molecule is C=CCOc1cc(N)ccc1OCCCCCCCCCC. The number of nitrogens with two attached hydrogens (primary N) is 1. The summed E-state index contributed by atoms with van der Waals surface area (Å²) in [5.74, 6) is 1.46. The fourth-order valence-corrected chi connectivity index (χ4v) is 2.32. The van der Waals surface area contributed by atoms with Gasteiger partial charge in [0.1, 0.15) is 6.61 Å². The Hall–Kier alpha value is -1.64. The minimum atomic E-state index is 0.456. The van der Waals surface area contributed by atoms with Gasteiger partial charge in [-0.15, -0.1) is 0 Å². The molecule has 1 aromatic rings. The van der Waals surface area contributed by atoms with Crippen LogP contribution in [-0.2, 0) is 0 Å². The van der Waals surface area contributed by atoms with Crippen LogP contribution in [0.5, 0.6) is 11.5 Å². The van der Waals surface area contributed by atoms with Gasteiger partial charge in [-0.25, -0.2) is 0 Å². The second-order valence-electron chi connectivity index (χ2n) is 5.63. The van der Waals surface area contributed by atoms with E-state index in [4.69, 9.17) is 15.2 Å². The maximum absolute atomic E-state index is 5.82. The molecule has 0 aliphatic rings. The quantitative estimate of drug-likeness (QED) is 0.303. The third-order valence-electron chi connectivity index (χ3n) is 3.58. The summed E-state index contributed by atoms with van der Waals surface area (Å²) < 4.78 is 11.4. The molecule has 0 aliphatic heterocycles. The highest BCUT2D eigenvalue weighted by Crippen LogP contribution is 2.29. The average molecular weight is 305 g/mol. The van der Waals surface area contributed by atoms with Crippen molar-refractivity contribution >= 4 is 5.69 Å². The molecule has 3 heteroatoms. The summed E-state index contributed by atoms with van der Waals surface area (Å²) in [6, 6.07) is 5.51. The Kier molecular flexibility index (Phi) is 10.0. The number of unbranched alkanes of at least 4 members (excludes halogenated alkanes) is 7. The van der Waals surface area contributed by atoms with Crippen LogP contribution in [0.15, 0.2) is 30.9 Å². The number of hydrogen-bond donors (Lipinski definition) is 1. The van der Waals surface area contributed by atoms with Crippen LogP contribution in [0.3, 0.4) is 0 Å². The van der Waals surface area contributed by atoms with Crippen molar-refractivity contribution in [2.45, 2.75) is 58.3 Å². The van der Waals surface area contributed by atoms with Crippen molar-refractivity contribution in [2.75, 3.05) is 18.9 Å². The number of nitrogen functional groups attached to an aromatic ring is 1. The van der Waals surface area contributed by atoms with Gasteiger partial charge in [-0.1, -0.05) is 64.5 Å². The van der Waals surface area contributed by atoms with Crippen molar-refractivity contribution in [1.29, 1.82) is 0 Å². The van der Waals surface area contributed by atoms with Gasteiger partial charge in [-0.05, 0) is 18.6 Å². The van der Waals surface area contributed by atoms with Crippen molar-refractivity contribution in [3.8, 4) is 11.5 Å². The normalized spacial score (nSPS) is 10.4. The first-order valence-electron chi connectivity index (χ1n) is 8.54. The van der Waals surface area contributed by atoms with E-state index in [0.29, 0.717) is 18.0 Å². The highest BCUT2D eigenvalue weighted by molar-refractivity contribution is 5.52. The van der Waals surface area contributed by atoms with Crippen LogP contribution in [0, 0.1) is 0 Å². The van der Waals surface area contributed by atoms with Crippen molar-refractivity contribution in [3.05, 3.63) is 30.9 Å². The van der Waals surface area contributed by atoms with Gasteiger partial charge in [0.2, 0.25) is 0 Å². The first kappa shape index (κ1) is 18.4. The maximum atomic E-state index is 5.82. The number of benzene rings is 1. The first-order chi connectivity index (χ1) is 10.8. The number of hydrogen-bond acceptors (Lipinski definition) is 3. The number of ether oxygens (including phenoxy) is 2. The molecule has 0 fully saturated rings. The topological polar surface area (TPSA) is 44.5 Å². The van der Waals surface area contributed by atoms with Crippen LogP contribution in [0.1, 0.15) is 58.3 Å². The Morgan fingerprint density at radius 1 is 0.955 bits per heavy atom. The molecular formula is C19H31NO2. The lowest BCUT2D eigenvalue weighted by atomic mass is 10.1. The van der Waals surface area contributed by atoms with Crippen LogP contribution in [0.2, 0.25) is 0 Å². The summed E-state index contributed by atoms with van der Waals surface area (Å²) >= 11 is 0. The number of rotatable bonds is 13. The Labute approximate surface area is 135 Å². The van der Waals surface area contributed by atoms with E-state index in [0.717, 1.165) is 18.8 Å². The van der Waals surface area contributed by atoms with Gasteiger partial charge in [0.15, 0.2) is 11.5 Å². The second kappa shape index (κ2) is 12.0. The zero-order valence-corrected chi connectivity index (χ0v) is 14.0. The molecular weight excluding hydrogens is 274 g/mol.